The van der Waals surface area contributed by atoms with Crippen LogP contribution in [0.1, 0.15) is 19.8 Å². The molecule has 64 valence electrons. The molecule has 0 amide bonds. The first kappa shape index (κ1) is 8.68. The van der Waals surface area contributed by atoms with Crippen molar-refractivity contribution in [2.45, 2.75) is 25.3 Å². The van der Waals surface area contributed by atoms with E-state index in [1.807, 2.05) is 14.0 Å². The van der Waals surface area contributed by atoms with E-state index < -0.39 is 0 Å². The van der Waals surface area contributed by atoms with Crippen LogP contribution in [0.4, 0.5) is 0 Å². The number of nitrogens with two attached hydrogens (primary N) is 1. The summed E-state index contributed by atoms with van der Waals surface area (Å²) in [7, 11) is 1.99. The summed E-state index contributed by atoms with van der Waals surface area (Å²) in [5.74, 6) is 0.164. The highest BCUT2D eigenvalue weighted by Gasteiger charge is 2.39. The number of ketones is 1. The molecule has 2 N–H and O–H groups in total. The first-order chi connectivity index (χ1) is 5.11. The summed E-state index contributed by atoms with van der Waals surface area (Å²) in [4.78, 5) is 13.5. The van der Waals surface area contributed by atoms with Crippen LogP contribution in [0.2, 0.25) is 0 Å². The van der Waals surface area contributed by atoms with Crippen molar-refractivity contribution < 1.29 is 4.79 Å². The van der Waals surface area contributed by atoms with Gasteiger partial charge in [0.15, 0.2) is 5.78 Å². The van der Waals surface area contributed by atoms with E-state index in [0.717, 1.165) is 19.4 Å². The number of likely N-dealkylation sites (tertiary alicyclic amines) is 1. The van der Waals surface area contributed by atoms with Gasteiger partial charge >= 0.3 is 0 Å². The van der Waals surface area contributed by atoms with Gasteiger partial charge in [0.05, 0.1) is 12.1 Å². The van der Waals surface area contributed by atoms with Crippen LogP contribution in [0.25, 0.3) is 0 Å². The molecule has 1 aliphatic heterocycles. The molecule has 0 aliphatic carbocycles. The van der Waals surface area contributed by atoms with Gasteiger partial charge in [0, 0.05) is 0 Å². The van der Waals surface area contributed by atoms with E-state index in [1.165, 1.54) is 0 Å². The van der Waals surface area contributed by atoms with E-state index in [0.29, 0.717) is 0 Å². The number of carbonyl (C=O) groups is 1. The van der Waals surface area contributed by atoms with Gasteiger partial charge in [0.2, 0.25) is 0 Å². The first-order valence-corrected chi connectivity index (χ1v) is 4.06. The van der Waals surface area contributed by atoms with Gasteiger partial charge in [-0.3, -0.25) is 9.69 Å². The van der Waals surface area contributed by atoms with Gasteiger partial charge in [-0.2, -0.15) is 0 Å². The average molecular weight is 156 g/mol. The molecule has 1 rings (SSSR count). The number of hydrogen-bond acceptors (Lipinski definition) is 3. The third-order valence-corrected chi connectivity index (χ3v) is 2.79. The molecular weight excluding hydrogens is 140 g/mol. The topological polar surface area (TPSA) is 46.3 Å². The minimum absolute atomic E-state index is 0.164. The van der Waals surface area contributed by atoms with Crippen molar-refractivity contribution in [1.82, 2.24) is 4.90 Å². The molecule has 1 fully saturated rings. The van der Waals surface area contributed by atoms with Crippen molar-refractivity contribution in [3.05, 3.63) is 0 Å². The van der Waals surface area contributed by atoms with E-state index in [-0.39, 0.29) is 17.9 Å². The highest BCUT2D eigenvalue weighted by Crippen LogP contribution is 2.27. The first-order valence-electron chi connectivity index (χ1n) is 4.06. The number of nitrogens with zero attached hydrogens (tertiary/aromatic N) is 1. The van der Waals surface area contributed by atoms with Crippen LogP contribution in [0.5, 0.6) is 0 Å². The van der Waals surface area contributed by atoms with E-state index in [1.54, 1.807) is 0 Å². The lowest BCUT2D eigenvalue weighted by Gasteiger charge is -2.29. The number of rotatable bonds is 2. The Morgan fingerprint density at radius 3 is 2.73 bits per heavy atom. The van der Waals surface area contributed by atoms with Gasteiger partial charge in [-0.25, -0.2) is 0 Å². The van der Waals surface area contributed by atoms with E-state index in [2.05, 4.69) is 4.90 Å². The van der Waals surface area contributed by atoms with Gasteiger partial charge in [-0.05, 0) is 33.4 Å². The quantitative estimate of drug-likeness (QED) is 0.612. The summed E-state index contributed by atoms with van der Waals surface area (Å²) >= 11 is 0. The number of Topliss-reactive ketones (excluding diaryl/α,β-unsaturated/α-hetero) is 1. The van der Waals surface area contributed by atoms with Crippen molar-refractivity contribution in [2.24, 2.45) is 5.73 Å². The smallest absolute Gasteiger partial charge is 0.166 e. The van der Waals surface area contributed by atoms with Crippen molar-refractivity contribution in [1.29, 1.82) is 0 Å². The summed E-state index contributed by atoms with van der Waals surface area (Å²) < 4.78 is 0. The Balaban J connectivity index is 2.72. The van der Waals surface area contributed by atoms with Crippen LogP contribution in [0.3, 0.4) is 0 Å². The third kappa shape index (κ3) is 1.30. The standard InChI is InChI=1S/C8H16N2O/c1-8(7(11)6-9)4-3-5-10(8)2/h3-6,9H2,1-2H3. The zero-order valence-corrected chi connectivity index (χ0v) is 7.26. The Morgan fingerprint density at radius 2 is 2.36 bits per heavy atom. The Bertz CT molecular complexity index is 169. The molecule has 1 heterocycles. The summed E-state index contributed by atoms with van der Waals surface area (Å²) in [6.07, 6.45) is 2.07. The summed E-state index contributed by atoms with van der Waals surface area (Å²) in [5.41, 5.74) is 5.05. The molecule has 0 saturated carbocycles. The minimum Gasteiger partial charge on any atom is -0.324 e. The van der Waals surface area contributed by atoms with Crippen LogP contribution in [0.15, 0.2) is 0 Å². The van der Waals surface area contributed by atoms with Crippen LogP contribution < -0.4 is 5.73 Å². The van der Waals surface area contributed by atoms with Gasteiger partial charge < -0.3 is 5.73 Å². The third-order valence-electron chi connectivity index (χ3n) is 2.79. The molecule has 3 heteroatoms. The number of likely N-dealkylation sites (N-methyl/N-ethyl adjacent to an activating group) is 1. The maximum Gasteiger partial charge on any atom is 0.166 e. The predicted molar refractivity (Wildman–Crippen MR) is 44.3 cm³/mol. The average Bonchev–Trinajstić information content (AvgIpc) is 2.32. The lowest BCUT2D eigenvalue weighted by Crippen LogP contribution is -2.48. The fourth-order valence-electron chi connectivity index (χ4n) is 1.67. The number of carbonyl (C=O) groups excluding carboxylic acids is 1. The highest BCUT2D eigenvalue weighted by molar-refractivity contribution is 5.89. The second kappa shape index (κ2) is 2.91. The molecule has 0 bridgehead atoms. The number of hydrogen-bond donors (Lipinski definition) is 1. The fraction of sp³-hybridized carbons (Fsp3) is 0.875. The molecular formula is C8H16N2O. The summed E-state index contributed by atoms with van der Waals surface area (Å²) in [6.45, 7) is 3.16. The predicted octanol–water partition coefficient (Wildman–Crippen LogP) is -0.00150. The molecule has 0 aromatic heterocycles. The molecule has 1 saturated heterocycles. The molecule has 1 aliphatic rings. The maximum absolute atomic E-state index is 11.4. The van der Waals surface area contributed by atoms with Gasteiger partial charge in [0.1, 0.15) is 0 Å². The lowest BCUT2D eigenvalue weighted by molar-refractivity contribution is -0.126. The molecule has 0 spiro atoms. The van der Waals surface area contributed by atoms with Crippen molar-refractivity contribution in [3.63, 3.8) is 0 Å². The van der Waals surface area contributed by atoms with Crippen LogP contribution in [-0.2, 0) is 4.79 Å². The molecule has 1 unspecified atom stereocenters. The summed E-state index contributed by atoms with van der Waals surface area (Å²) in [5, 5.41) is 0. The molecule has 1 atom stereocenters. The fourth-order valence-corrected chi connectivity index (χ4v) is 1.67. The summed E-state index contributed by atoms with van der Waals surface area (Å²) in [6, 6.07) is 0. The van der Waals surface area contributed by atoms with Crippen molar-refractivity contribution in [3.8, 4) is 0 Å². The molecule has 3 nitrogen and oxygen atoms in total. The highest BCUT2D eigenvalue weighted by atomic mass is 16.1. The SMILES string of the molecule is CN1CCCC1(C)C(=O)CN. The lowest BCUT2D eigenvalue weighted by atomic mass is 9.94. The Morgan fingerprint density at radius 1 is 1.73 bits per heavy atom. The zero-order valence-electron chi connectivity index (χ0n) is 7.26. The molecule has 0 radical (unpaired) electrons. The van der Waals surface area contributed by atoms with Crippen LogP contribution in [0, 0.1) is 0 Å². The monoisotopic (exact) mass is 156 g/mol. The van der Waals surface area contributed by atoms with Crippen LogP contribution >= 0.6 is 0 Å². The van der Waals surface area contributed by atoms with Crippen molar-refractivity contribution in [2.75, 3.05) is 20.1 Å². The van der Waals surface area contributed by atoms with Crippen LogP contribution in [-0.4, -0.2) is 36.4 Å². The largest absolute Gasteiger partial charge is 0.324 e. The Labute approximate surface area is 67.5 Å². The van der Waals surface area contributed by atoms with Gasteiger partial charge in [0.25, 0.3) is 0 Å². The van der Waals surface area contributed by atoms with E-state index >= 15 is 0 Å². The van der Waals surface area contributed by atoms with E-state index in [4.69, 9.17) is 5.73 Å². The molecule has 0 aromatic rings. The second-order valence-corrected chi connectivity index (χ2v) is 3.43. The molecule has 11 heavy (non-hydrogen) atoms. The molecule has 0 aromatic carbocycles. The van der Waals surface area contributed by atoms with Gasteiger partial charge in [-0.1, -0.05) is 0 Å². The van der Waals surface area contributed by atoms with Gasteiger partial charge in [-0.15, -0.1) is 0 Å². The Kier molecular flexibility index (Phi) is 2.30. The maximum atomic E-state index is 11.4. The minimum atomic E-state index is -0.269. The van der Waals surface area contributed by atoms with E-state index in [9.17, 15) is 4.79 Å². The van der Waals surface area contributed by atoms with Crippen molar-refractivity contribution >= 4 is 5.78 Å². The normalized spacial score (nSPS) is 32.6. The Hall–Kier alpha value is -0.410. The second-order valence-electron chi connectivity index (χ2n) is 3.43. The zero-order chi connectivity index (χ0) is 8.48.